The number of carbonyl (C=O) groups excluding carboxylic acids is 2. The predicted molar refractivity (Wildman–Crippen MR) is 99.0 cm³/mol. The van der Waals surface area contributed by atoms with Crippen LogP contribution in [0.1, 0.15) is 24.9 Å². The number of hydrogen-bond donors (Lipinski definition) is 1. The molecule has 0 saturated carbocycles. The fourth-order valence-corrected chi connectivity index (χ4v) is 5.59. The molecule has 0 radical (unpaired) electrons. The van der Waals surface area contributed by atoms with Crippen LogP contribution in [0.25, 0.3) is 0 Å². The zero-order valence-electron chi connectivity index (χ0n) is 14.7. The van der Waals surface area contributed by atoms with Gasteiger partial charge in [0, 0.05) is 5.70 Å². The van der Waals surface area contributed by atoms with Gasteiger partial charge in [0.15, 0.2) is 9.84 Å². The maximum Gasteiger partial charge on any atom is 0.337 e. The second-order valence-corrected chi connectivity index (χ2v) is 9.56. The molecule has 0 aliphatic carbocycles. The van der Waals surface area contributed by atoms with Crippen molar-refractivity contribution in [3.63, 3.8) is 0 Å². The summed E-state index contributed by atoms with van der Waals surface area (Å²) in [5.41, 5.74) is 1.01. The minimum Gasteiger partial charge on any atom is -0.466 e. The van der Waals surface area contributed by atoms with E-state index < -0.39 is 39.7 Å². The molecule has 2 aliphatic rings. The SMILES string of the molecule is COC(=O)C1=C(C)N([C@@H]2CCS(=O)(=O)C2)C(=O)N[C@@H]1c1ccc(F)c(Br)c1. The molecule has 2 atom stereocenters. The Labute approximate surface area is 164 Å². The number of carbonyl (C=O) groups is 2. The molecular formula is C17H18BrFN2O5S. The van der Waals surface area contributed by atoms with Crippen molar-refractivity contribution in [1.29, 1.82) is 0 Å². The highest BCUT2D eigenvalue weighted by molar-refractivity contribution is 9.10. The number of sulfone groups is 1. The molecule has 146 valence electrons. The number of ether oxygens (including phenoxy) is 1. The summed E-state index contributed by atoms with van der Waals surface area (Å²) in [6.07, 6.45) is 0.300. The zero-order chi connectivity index (χ0) is 19.9. The Morgan fingerprint density at radius 3 is 2.67 bits per heavy atom. The second kappa shape index (κ2) is 7.23. The smallest absolute Gasteiger partial charge is 0.337 e. The van der Waals surface area contributed by atoms with E-state index in [1.165, 1.54) is 30.2 Å². The monoisotopic (exact) mass is 460 g/mol. The Morgan fingerprint density at radius 1 is 1.41 bits per heavy atom. The van der Waals surface area contributed by atoms with E-state index in [1.54, 1.807) is 6.92 Å². The maximum absolute atomic E-state index is 13.6. The van der Waals surface area contributed by atoms with Gasteiger partial charge in [-0.05, 0) is 47.0 Å². The number of rotatable bonds is 3. The van der Waals surface area contributed by atoms with E-state index in [9.17, 15) is 22.4 Å². The van der Waals surface area contributed by atoms with E-state index in [2.05, 4.69) is 21.2 Å². The molecule has 10 heteroatoms. The molecule has 0 bridgehead atoms. The molecule has 27 heavy (non-hydrogen) atoms. The number of allylic oxidation sites excluding steroid dienone is 1. The number of urea groups is 1. The van der Waals surface area contributed by atoms with Crippen LogP contribution in [0.4, 0.5) is 9.18 Å². The lowest BCUT2D eigenvalue weighted by molar-refractivity contribution is -0.136. The highest BCUT2D eigenvalue weighted by atomic mass is 79.9. The van der Waals surface area contributed by atoms with Gasteiger partial charge in [0.2, 0.25) is 0 Å². The first-order valence-electron chi connectivity index (χ1n) is 8.19. The molecule has 3 rings (SSSR count). The fourth-order valence-electron chi connectivity index (χ4n) is 3.49. The van der Waals surface area contributed by atoms with Gasteiger partial charge in [0.25, 0.3) is 0 Å². The van der Waals surface area contributed by atoms with Crippen LogP contribution in [-0.4, -0.2) is 50.0 Å². The third kappa shape index (κ3) is 3.73. The van der Waals surface area contributed by atoms with Crippen LogP contribution in [0, 0.1) is 5.82 Å². The summed E-state index contributed by atoms with van der Waals surface area (Å²) in [5, 5.41) is 2.72. The summed E-state index contributed by atoms with van der Waals surface area (Å²) in [6, 6.07) is 2.29. The number of nitrogens with one attached hydrogen (secondary N) is 1. The van der Waals surface area contributed by atoms with E-state index in [1.807, 2.05) is 0 Å². The molecular weight excluding hydrogens is 443 g/mol. The maximum atomic E-state index is 13.6. The van der Waals surface area contributed by atoms with E-state index in [0.29, 0.717) is 17.7 Å². The van der Waals surface area contributed by atoms with E-state index >= 15 is 0 Å². The van der Waals surface area contributed by atoms with Crippen molar-refractivity contribution in [2.45, 2.75) is 25.4 Å². The van der Waals surface area contributed by atoms with Gasteiger partial charge in [0.1, 0.15) is 5.82 Å². The van der Waals surface area contributed by atoms with E-state index in [4.69, 9.17) is 4.74 Å². The van der Waals surface area contributed by atoms with Crippen LogP contribution in [0.2, 0.25) is 0 Å². The first-order valence-corrected chi connectivity index (χ1v) is 10.8. The van der Waals surface area contributed by atoms with Crippen molar-refractivity contribution >= 4 is 37.8 Å². The summed E-state index contributed by atoms with van der Waals surface area (Å²) >= 11 is 3.10. The third-order valence-corrected chi connectivity index (χ3v) is 7.14. The van der Waals surface area contributed by atoms with Gasteiger partial charge in [-0.1, -0.05) is 6.07 Å². The fraction of sp³-hybridized carbons (Fsp3) is 0.412. The molecule has 0 aromatic heterocycles. The number of esters is 1. The minimum atomic E-state index is -3.22. The molecule has 1 aromatic carbocycles. The normalized spacial score (nSPS) is 24.7. The number of hydrogen-bond acceptors (Lipinski definition) is 5. The standard InChI is InChI=1S/C17H18BrFN2O5S/c1-9-14(16(22)26-2)15(10-3-4-13(19)12(18)7-10)20-17(23)21(9)11-5-6-27(24,25)8-11/h3-4,7,11,15H,5-6,8H2,1-2H3,(H,20,23)/t11-,15-/m1/s1. The Bertz CT molecular complexity index is 947. The van der Waals surface area contributed by atoms with Gasteiger partial charge >= 0.3 is 12.0 Å². The first kappa shape index (κ1) is 19.8. The molecule has 2 aliphatic heterocycles. The number of methoxy groups -OCH3 is 1. The van der Waals surface area contributed by atoms with Gasteiger partial charge in [-0.15, -0.1) is 0 Å². The minimum absolute atomic E-state index is 0.00335. The van der Waals surface area contributed by atoms with Crippen molar-refractivity contribution in [3.8, 4) is 0 Å². The van der Waals surface area contributed by atoms with E-state index in [0.717, 1.165) is 0 Å². The van der Waals surface area contributed by atoms with Gasteiger partial charge in [-0.3, -0.25) is 4.90 Å². The highest BCUT2D eigenvalue weighted by Gasteiger charge is 2.42. The summed E-state index contributed by atoms with van der Waals surface area (Å²) in [4.78, 5) is 26.5. The van der Waals surface area contributed by atoms with E-state index in [-0.39, 0.29) is 21.6 Å². The Morgan fingerprint density at radius 2 is 2.11 bits per heavy atom. The molecule has 1 fully saturated rings. The van der Waals surface area contributed by atoms with Crippen LogP contribution in [-0.2, 0) is 19.4 Å². The number of amides is 2. The van der Waals surface area contributed by atoms with Gasteiger partial charge in [0.05, 0.1) is 40.7 Å². The zero-order valence-corrected chi connectivity index (χ0v) is 17.1. The molecule has 1 saturated heterocycles. The average Bonchev–Trinajstić information content (AvgIpc) is 2.95. The predicted octanol–water partition coefficient (Wildman–Crippen LogP) is 2.29. The molecule has 0 spiro atoms. The van der Waals surface area contributed by atoms with Crippen molar-refractivity contribution in [3.05, 3.63) is 45.3 Å². The lowest BCUT2D eigenvalue weighted by Gasteiger charge is -2.38. The second-order valence-electron chi connectivity index (χ2n) is 6.47. The van der Waals surface area contributed by atoms with Crippen molar-refractivity contribution in [1.82, 2.24) is 10.2 Å². The number of halogens is 2. The lowest BCUT2D eigenvalue weighted by atomic mass is 9.94. The quantitative estimate of drug-likeness (QED) is 0.698. The van der Waals surface area contributed by atoms with Crippen molar-refractivity contribution in [2.75, 3.05) is 18.6 Å². The van der Waals surface area contributed by atoms with Crippen LogP contribution >= 0.6 is 15.9 Å². The highest BCUT2D eigenvalue weighted by Crippen LogP contribution is 2.35. The Kier molecular flexibility index (Phi) is 5.31. The average molecular weight is 461 g/mol. The molecule has 1 aromatic rings. The van der Waals surface area contributed by atoms with Gasteiger partial charge in [-0.25, -0.2) is 22.4 Å². The van der Waals surface area contributed by atoms with Gasteiger partial charge in [-0.2, -0.15) is 0 Å². The summed E-state index contributed by atoms with van der Waals surface area (Å²) in [6.45, 7) is 1.58. The molecule has 2 heterocycles. The number of benzene rings is 1. The molecule has 2 amide bonds. The Balaban J connectivity index is 2.08. The third-order valence-electron chi connectivity index (χ3n) is 4.78. The largest absolute Gasteiger partial charge is 0.466 e. The van der Waals surface area contributed by atoms with Crippen LogP contribution in [0.3, 0.4) is 0 Å². The van der Waals surface area contributed by atoms with Crippen LogP contribution in [0.15, 0.2) is 33.9 Å². The summed E-state index contributed by atoms with van der Waals surface area (Å²) in [7, 11) is -2.00. The Hall–Kier alpha value is -1.94. The van der Waals surface area contributed by atoms with Crippen LogP contribution < -0.4 is 5.32 Å². The summed E-state index contributed by atoms with van der Waals surface area (Å²) < 4.78 is 42.3. The van der Waals surface area contributed by atoms with Crippen LogP contribution in [0.5, 0.6) is 0 Å². The van der Waals surface area contributed by atoms with Gasteiger partial charge < -0.3 is 10.1 Å². The molecule has 0 unspecified atom stereocenters. The molecule has 7 nitrogen and oxygen atoms in total. The van der Waals surface area contributed by atoms with Crippen molar-refractivity contribution in [2.24, 2.45) is 0 Å². The topological polar surface area (TPSA) is 92.8 Å². The summed E-state index contributed by atoms with van der Waals surface area (Å²) in [5.74, 6) is -1.28. The number of nitrogens with zero attached hydrogens (tertiary/aromatic N) is 1. The first-order chi connectivity index (χ1) is 12.6. The molecule has 1 N–H and O–H groups in total. The lowest BCUT2D eigenvalue weighted by Crippen LogP contribution is -2.52. The van der Waals surface area contributed by atoms with Crippen molar-refractivity contribution < 1.29 is 27.1 Å².